The number of benzene rings is 1. The topological polar surface area (TPSA) is 69.0 Å². The van der Waals surface area contributed by atoms with Crippen molar-refractivity contribution in [3.63, 3.8) is 0 Å². The zero-order valence-corrected chi connectivity index (χ0v) is 16.3. The van der Waals surface area contributed by atoms with Crippen LogP contribution in [0.5, 0.6) is 5.75 Å². The standard InChI is InChI=1S/C8H6BrFN4OS.C8H9FO/c9-6-2-12-7(3-11-4-15)8-5(6)1-13-14(8)16-10;1-6-5-7(9)3-4-8(6)10-2/h1-2,4H,3H2,(H,11,15);3-5H,1-2H3. The van der Waals surface area contributed by atoms with Gasteiger partial charge in [-0.3, -0.25) is 9.78 Å². The molecule has 2 aromatic heterocycles. The first-order valence-electron chi connectivity index (χ1n) is 7.29. The summed E-state index contributed by atoms with van der Waals surface area (Å²) in [5, 5.41) is 7.10. The van der Waals surface area contributed by atoms with Crippen LogP contribution in [0.4, 0.5) is 8.28 Å². The van der Waals surface area contributed by atoms with Crippen LogP contribution in [-0.2, 0) is 11.3 Å². The van der Waals surface area contributed by atoms with Crippen LogP contribution in [0, 0.1) is 12.7 Å². The summed E-state index contributed by atoms with van der Waals surface area (Å²) in [6.07, 6.45) is 3.70. The number of methoxy groups -OCH3 is 1. The van der Waals surface area contributed by atoms with Crippen LogP contribution < -0.4 is 10.1 Å². The number of nitrogens with zero attached hydrogens (tertiary/aromatic N) is 3. The Balaban J connectivity index is 0.000000209. The number of ether oxygens (including phenoxy) is 1. The van der Waals surface area contributed by atoms with Gasteiger partial charge in [0.2, 0.25) is 6.41 Å². The lowest BCUT2D eigenvalue weighted by atomic mass is 10.2. The molecule has 0 saturated carbocycles. The lowest BCUT2D eigenvalue weighted by Gasteiger charge is -2.03. The summed E-state index contributed by atoms with van der Waals surface area (Å²) >= 11 is 3.29. The fourth-order valence-corrected chi connectivity index (χ4v) is 2.95. The minimum atomic E-state index is -0.224. The largest absolute Gasteiger partial charge is 0.496 e. The second-order valence-electron chi connectivity index (χ2n) is 5.01. The Morgan fingerprint density at radius 3 is 2.81 bits per heavy atom. The smallest absolute Gasteiger partial charge is 0.207 e. The van der Waals surface area contributed by atoms with Crippen LogP contribution in [-0.4, -0.2) is 27.7 Å². The molecule has 0 unspecified atom stereocenters. The van der Waals surface area contributed by atoms with Crippen molar-refractivity contribution in [2.45, 2.75) is 13.5 Å². The first kappa shape index (κ1) is 20.1. The van der Waals surface area contributed by atoms with Gasteiger partial charge in [0, 0.05) is 16.1 Å². The quantitative estimate of drug-likeness (QED) is 0.603. The number of amides is 1. The van der Waals surface area contributed by atoms with Crippen LogP contribution in [0.1, 0.15) is 11.3 Å². The van der Waals surface area contributed by atoms with E-state index in [9.17, 15) is 13.1 Å². The molecular formula is C16H15BrF2N4O2S. The molecule has 0 saturated heterocycles. The van der Waals surface area contributed by atoms with Gasteiger partial charge in [-0.25, -0.2) is 4.39 Å². The number of hydrogen-bond acceptors (Lipinski definition) is 5. The van der Waals surface area contributed by atoms with Gasteiger partial charge in [-0.05, 0) is 46.6 Å². The van der Waals surface area contributed by atoms with Crippen LogP contribution in [0.15, 0.2) is 35.1 Å². The first-order chi connectivity index (χ1) is 12.5. The molecule has 0 aliphatic carbocycles. The predicted octanol–water partition coefficient (Wildman–Crippen LogP) is 3.96. The van der Waals surface area contributed by atoms with Gasteiger partial charge in [0.25, 0.3) is 0 Å². The molecule has 1 amide bonds. The molecule has 138 valence electrons. The van der Waals surface area contributed by atoms with Crippen molar-refractivity contribution in [1.29, 1.82) is 0 Å². The Hall–Kier alpha value is -2.20. The number of rotatable bonds is 5. The van der Waals surface area contributed by atoms with E-state index in [-0.39, 0.29) is 24.7 Å². The molecule has 1 N–H and O–H groups in total. The monoisotopic (exact) mass is 444 g/mol. The number of pyridine rings is 1. The van der Waals surface area contributed by atoms with Gasteiger partial charge in [-0.1, -0.05) is 0 Å². The maximum absolute atomic E-state index is 12.6. The highest BCUT2D eigenvalue weighted by atomic mass is 79.9. The fraction of sp³-hybridized carbons (Fsp3) is 0.188. The second kappa shape index (κ2) is 9.48. The molecule has 0 aliphatic rings. The average molecular weight is 445 g/mol. The van der Waals surface area contributed by atoms with Gasteiger partial charge in [-0.15, -0.1) is 3.89 Å². The van der Waals surface area contributed by atoms with Crippen molar-refractivity contribution < 1.29 is 17.8 Å². The van der Waals surface area contributed by atoms with Crippen molar-refractivity contribution in [3.05, 3.63) is 52.1 Å². The molecule has 0 aliphatic heterocycles. The number of hydrogen-bond donors (Lipinski definition) is 1. The zero-order valence-electron chi connectivity index (χ0n) is 13.9. The van der Waals surface area contributed by atoms with Gasteiger partial charge in [0.05, 0.1) is 25.5 Å². The molecule has 26 heavy (non-hydrogen) atoms. The highest BCUT2D eigenvalue weighted by Crippen LogP contribution is 2.27. The third-order valence-corrected chi connectivity index (χ3v) is 4.42. The van der Waals surface area contributed by atoms with Crippen molar-refractivity contribution in [2.24, 2.45) is 0 Å². The van der Waals surface area contributed by atoms with E-state index in [1.54, 1.807) is 19.4 Å². The SMILES string of the molecule is COc1ccc(F)cc1C.O=CNCc1ncc(Br)c2cnn(SF)c12. The molecule has 0 radical (unpaired) electrons. The van der Waals surface area contributed by atoms with Gasteiger partial charge in [0.1, 0.15) is 17.1 Å². The molecule has 0 spiro atoms. The maximum atomic E-state index is 12.6. The molecule has 2 heterocycles. The molecule has 10 heteroatoms. The summed E-state index contributed by atoms with van der Waals surface area (Å²) in [6.45, 7) is 2.04. The molecule has 0 bridgehead atoms. The molecule has 6 nitrogen and oxygen atoms in total. The molecule has 0 fully saturated rings. The van der Waals surface area contributed by atoms with Crippen LogP contribution in [0.25, 0.3) is 10.9 Å². The van der Waals surface area contributed by atoms with E-state index >= 15 is 0 Å². The van der Waals surface area contributed by atoms with E-state index in [4.69, 9.17) is 4.74 Å². The number of aromatic nitrogens is 3. The summed E-state index contributed by atoms with van der Waals surface area (Å²) in [5.74, 6) is 0.500. The third-order valence-electron chi connectivity index (χ3n) is 3.38. The predicted molar refractivity (Wildman–Crippen MR) is 99.9 cm³/mol. The minimum Gasteiger partial charge on any atom is -0.496 e. The minimum absolute atomic E-state index is 0.0101. The fourth-order valence-electron chi connectivity index (χ4n) is 2.20. The Morgan fingerprint density at radius 2 is 2.19 bits per heavy atom. The lowest BCUT2D eigenvalue weighted by molar-refractivity contribution is -0.109. The summed E-state index contributed by atoms with van der Waals surface area (Å²) in [7, 11) is 1.57. The molecule has 3 aromatic rings. The van der Waals surface area contributed by atoms with Crippen molar-refractivity contribution in [3.8, 4) is 5.75 Å². The van der Waals surface area contributed by atoms with Gasteiger partial charge >= 0.3 is 0 Å². The third kappa shape index (κ3) is 4.70. The van der Waals surface area contributed by atoms with Crippen LogP contribution in [0.3, 0.4) is 0 Å². The van der Waals surface area contributed by atoms with Gasteiger partial charge in [-0.2, -0.15) is 9.19 Å². The van der Waals surface area contributed by atoms with E-state index < -0.39 is 0 Å². The Kier molecular flexibility index (Phi) is 7.34. The highest BCUT2D eigenvalue weighted by Gasteiger charge is 2.12. The Bertz CT molecular complexity index is 907. The lowest BCUT2D eigenvalue weighted by Crippen LogP contribution is -2.12. The summed E-state index contributed by atoms with van der Waals surface area (Å²) in [5.41, 5.74) is 1.94. The van der Waals surface area contributed by atoms with E-state index in [0.717, 1.165) is 25.3 Å². The zero-order chi connectivity index (χ0) is 19.1. The van der Waals surface area contributed by atoms with E-state index in [1.165, 1.54) is 18.3 Å². The van der Waals surface area contributed by atoms with Crippen molar-refractivity contribution in [2.75, 3.05) is 7.11 Å². The summed E-state index contributed by atoms with van der Waals surface area (Å²) in [4.78, 5) is 14.3. The van der Waals surface area contributed by atoms with Crippen molar-refractivity contribution >= 4 is 45.6 Å². The van der Waals surface area contributed by atoms with E-state index in [1.807, 2.05) is 6.92 Å². The normalized spacial score (nSPS) is 10.2. The molecule has 0 atom stereocenters. The average Bonchev–Trinajstić information content (AvgIpc) is 3.07. The van der Waals surface area contributed by atoms with Crippen LogP contribution >= 0.6 is 28.3 Å². The second-order valence-corrected chi connectivity index (χ2v) is 6.35. The Morgan fingerprint density at radius 1 is 1.42 bits per heavy atom. The summed E-state index contributed by atoms with van der Waals surface area (Å²) in [6, 6.07) is 4.44. The van der Waals surface area contributed by atoms with E-state index in [2.05, 4.69) is 31.3 Å². The van der Waals surface area contributed by atoms with Gasteiger partial charge < -0.3 is 10.1 Å². The molecule has 1 aromatic carbocycles. The molecular weight excluding hydrogens is 430 g/mol. The first-order valence-corrected chi connectivity index (χ1v) is 8.75. The number of aryl methyl sites for hydroxylation is 1. The summed E-state index contributed by atoms with van der Waals surface area (Å²) < 4.78 is 31.8. The molecule has 3 rings (SSSR count). The maximum Gasteiger partial charge on any atom is 0.207 e. The van der Waals surface area contributed by atoms with Gasteiger partial charge in [0.15, 0.2) is 12.3 Å². The number of carbonyl (C=O) groups is 1. The number of carbonyl (C=O) groups excluding carboxylic acids is 1. The Labute approximate surface area is 161 Å². The van der Waals surface area contributed by atoms with Crippen LogP contribution in [0.2, 0.25) is 0 Å². The number of nitrogens with one attached hydrogen (secondary N) is 1. The van der Waals surface area contributed by atoms with E-state index in [0.29, 0.717) is 17.6 Å². The van der Waals surface area contributed by atoms with Crippen molar-refractivity contribution in [1.82, 2.24) is 19.5 Å². The highest BCUT2D eigenvalue weighted by molar-refractivity contribution is 9.10. The number of halogens is 3. The number of fused-ring (bicyclic) bond motifs is 1.